The molecule has 0 saturated carbocycles. The fourth-order valence-electron chi connectivity index (χ4n) is 0.532. The Hall–Kier alpha value is -1.12. The lowest BCUT2D eigenvalue weighted by Crippen LogP contribution is -2.07. The van der Waals surface area contributed by atoms with E-state index in [0.717, 1.165) is 0 Å². The molecular formula is C6H7BO2. The van der Waals surface area contributed by atoms with Crippen molar-refractivity contribution in [3.63, 3.8) is 0 Å². The molecule has 2 nitrogen and oxygen atoms in total. The molecule has 1 saturated heterocycles. The molecule has 0 spiro atoms. The highest BCUT2D eigenvalue weighted by molar-refractivity contribution is 6.52. The first-order valence-corrected chi connectivity index (χ1v) is 2.58. The highest BCUT2D eigenvalue weighted by Gasteiger charge is 2.28. The van der Waals surface area contributed by atoms with E-state index in [2.05, 4.69) is 19.7 Å². The molecule has 3 heteroatoms. The van der Waals surface area contributed by atoms with Crippen molar-refractivity contribution in [2.24, 2.45) is 0 Å². The quantitative estimate of drug-likeness (QED) is 0.487. The van der Waals surface area contributed by atoms with Gasteiger partial charge in [0.2, 0.25) is 0 Å². The SMILES string of the molecule is C=CB1OC(=C)C(=C)O1. The second-order valence-electron chi connectivity index (χ2n) is 1.69. The molecule has 0 aliphatic carbocycles. The van der Waals surface area contributed by atoms with Crippen LogP contribution in [0.2, 0.25) is 0 Å². The third-order valence-corrected chi connectivity index (χ3v) is 1.02. The van der Waals surface area contributed by atoms with E-state index in [1.54, 1.807) is 5.98 Å². The molecule has 0 unspecified atom stereocenters. The average molecular weight is 122 g/mol. The van der Waals surface area contributed by atoms with Gasteiger partial charge in [0.05, 0.1) is 0 Å². The third-order valence-electron chi connectivity index (χ3n) is 1.02. The molecule has 1 aliphatic rings. The van der Waals surface area contributed by atoms with Crippen molar-refractivity contribution in [3.05, 3.63) is 37.2 Å². The van der Waals surface area contributed by atoms with Gasteiger partial charge in [-0.3, -0.25) is 0 Å². The maximum atomic E-state index is 4.99. The van der Waals surface area contributed by atoms with Crippen LogP contribution >= 0.6 is 0 Å². The Morgan fingerprint density at radius 3 is 1.89 bits per heavy atom. The van der Waals surface area contributed by atoms with Crippen LogP contribution in [0.15, 0.2) is 37.2 Å². The monoisotopic (exact) mass is 122 g/mol. The van der Waals surface area contributed by atoms with Gasteiger partial charge in [0.15, 0.2) is 0 Å². The van der Waals surface area contributed by atoms with Crippen molar-refractivity contribution in [1.29, 1.82) is 0 Å². The fraction of sp³-hybridized carbons (Fsp3) is 0. The maximum Gasteiger partial charge on any atom is 0.624 e. The van der Waals surface area contributed by atoms with Gasteiger partial charge in [0.25, 0.3) is 0 Å². The lowest BCUT2D eigenvalue weighted by Gasteiger charge is -1.92. The second kappa shape index (κ2) is 2.01. The van der Waals surface area contributed by atoms with Gasteiger partial charge < -0.3 is 9.31 Å². The minimum atomic E-state index is -0.384. The summed E-state index contributed by atoms with van der Waals surface area (Å²) in [5, 5.41) is 0. The van der Waals surface area contributed by atoms with Crippen LogP contribution in [0.5, 0.6) is 0 Å². The van der Waals surface area contributed by atoms with E-state index < -0.39 is 0 Å². The van der Waals surface area contributed by atoms with Crippen molar-refractivity contribution >= 4 is 7.12 Å². The molecule has 0 radical (unpaired) electrons. The first-order valence-electron chi connectivity index (χ1n) is 2.58. The number of rotatable bonds is 1. The van der Waals surface area contributed by atoms with E-state index in [-0.39, 0.29) is 7.12 Å². The van der Waals surface area contributed by atoms with Crippen molar-refractivity contribution < 1.29 is 9.31 Å². The van der Waals surface area contributed by atoms with E-state index in [1.165, 1.54) is 0 Å². The molecule has 1 fully saturated rings. The Labute approximate surface area is 54.6 Å². The van der Waals surface area contributed by atoms with Crippen molar-refractivity contribution in [3.8, 4) is 0 Å². The van der Waals surface area contributed by atoms with Gasteiger partial charge in [-0.25, -0.2) is 0 Å². The molecule has 0 atom stereocenters. The Morgan fingerprint density at radius 2 is 1.67 bits per heavy atom. The van der Waals surface area contributed by atoms with Gasteiger partial charge in [-0.15, -0.1) is 6.58 Å². The Morgan fingerprint density at radius 1 is 1.22 bits per heavy atom. The van der Waals surface area contributed by atoms with Gasteiger partial charge >= 0.3 is 7.12 Å². The van der Waals surface area contributed by atoms with Crippen LogP contribution in [0.25, 0.3) is 0 Å². The van der Waals surface area contributed by atoms with Crippen LogP contribution in [-0.4, -0.2) is 7.12 Å². The largest absolute Gasteiger partial charge is 0.624 e. The maximum absolute atomic E-state index is 4.99. The first kappa shape index (κ1) is 6.01. The molecule has 1 heterocycles. The standard InChI is InChI=1S/C6H7BO2/c1-4-7-8-5(2)6(3)9-7/h4H,1-3H2. The number of hydrogen-bond donors (Lipinski definition) is 0. The minimum absolute atomic E-state index is 0.384. The van der Waals surface area contributed by atoms with Gasteiger partial charge in [0.1, 0.15) is 11.5 Å². The minimum Gasteiger partial charge on any atom is -0.520 e. The van der Waals surface area contributed by atoms with E-state index in [9.17, 15) is 0 Å². The summed E-state index contributed by atoms with van der Waals surface area (Å²) >= 11 is 0. The predicted molar refractivity (Wildman–Crippen MR) is 36.4 cm³/mol. The Balaban J connectivity index is 2.64. The smallest absolute Gasteiger partial charge is 0.520 e. The van der Waals surface area contributed by atoms with Crippen LogP contribution in [0.4, 0.5) is 0 Å². The zero-order valence-electron chi connectivity index (χ0n) is 5.09. The second-order valence-corrected chi connectivity index (χ2v) is 1.69. The average Bonchev–Trinajstić information content (AvgIpc) is 2.13. The molecule has 0 bridgehead atoms. The van der Waals surface area contributed by atoms with Crippen LogP contribution in [0.3, 0.4) is 0 Å². The highest BCUT2D eigenvalue weighted by atomic mass is 16.6. The zero-order valence-corrected chi connectivity index (χ0v) is 5.09. The van der Waals surface area contributed by atoms with Crippen LogP contribution in [0, 0.1) is 0 Å². The van der Waals surface area contributed by atoms with E-state index in [4.69, 9.17) is 9.31 Å². The highest BCUT2D eigenvalue weighted by Crippen LogP contribution is 2.19. The van der Waals surface area contributed by atoms with E-state index in [1.807, 2.05) is 0 Å². The van der Waals surface area contributed by atoms with Gasteiger partial charge in [-0.2, -0.15) is 0 Å². The summed E-state index contributed by atoms with van der Waals surface area (Å²) in [5.41, 5.74) is 0. The topological polar surface area (TPSA) is 18.5 Å². The van der Waals surface area contributed by atoms with E-state index in [0.29, 0.717) is 11.5 Å². The number of hydrogen-bond acceptors (Lipinski definition) is 2. The van der Waals surface area contributed by atoms with Gasteiger partial charge in [-0.1, -0.05) is 13.2 Å². The third kappa shape index (κ3) is 0.990. The van der Waals surface area contributed by atoms with E-state index >= 15 is 0 Å². The molecule has 0 amide bonds. The molecule has 0 aromatic heterocycles. The predicted octanol–water partition coefficient (Wildman–Crippen LogP) is 1.27. The summed E-state index contributed by atoms with van der Waals surface area (Å²) < 4.78 is 9.98. The molecule has 1 rings (SSSR count). The van der Waals surface area contributed by atoms with Crippen molar-refractivity contribution in [2.45, 2.75) is 0 Å². The van der Waals surface area contributed by atoms with Crippen molar-refractivity contribution in [1.82, 2.24) is 0 Å². The molecule has 0 aromatic rings. The molecule has 46 valence electrons. The summed E-state index contributed by atoms with van der Waals surface area (Å²) in [5.74, 6) is 2.52. The molecular weight excluding hydrogens is 115 g/mol. The van der Waals surface area contributed by atoms with Crippen molar-refractivity contribution in [2.75, 3.05) is 0 Å². The lowest BCUT2D eigenvalue weighted by atomic mass is 9.92. The summed E-state index contributed by atoms with van der Waals surface area (Å²) in [6, 6.07) is 0. The first-order chi connectivity index (χ1) is 4.24. The van der Waals surface area contributed by atoms with Crippen LogP contribution < -0.4 is 0 Å². The van der Waals surface area contributed by atoms with Crippen LogP contribution in [0.1, 0.15) is 0 Å². The molecule has 0 N–H and O–H groups in total. The zero-order chi connectivity index (χ0) is 6.85. The van der Waals surface area contributed by atoms with Gasteiger partial charge in [-0.05, 0) is 5.98 Å². The molecule has 9 heavy (non-hydrogen) atoms. The van der Waals surface area contributed by atoms with Crippen LogP contribution in [-0.2, 0) is 9.31 Å². The lowest BCUT2D eigenvalue weighted by molar-refractivity contribution is 0.430. The Bertz CT molecular complexity index is 158. The fourth-order valence-corrected chi connectivity index (χ4v) is 0.532. The summed E-state index contributed by atoms with van der Waals surface area (Å²) in [7, 11) is -0.384. The summed E-state index contributed by atoms with van der Waals surface area (Å²) in [6.45, 7) is 10.6. The molecule has 1 aliphatic heterocycles. The summed E-state index contributed by atoms with van der Waals surface area (Å²) in [4.78, 5) is 0. The Kier molecular flexibility index (Phi) is 1.34. The summed E-state index contributed by atoms with van der Waals surface area (Å²) in [6.07, 6.45) is 0. The normalized spacial score (nSPS) is 17.1. The van der Waals surface area contributed by atoms with Gasteiger partial charge in [0, 0.05) is 0 Å². The molecule has 0 aromatic carbocycles.